The van der Waals surface area contributed by atoms with Gasteiger partial charge in [0, 0.05) is 18.5 Å². The van der Waals surface area contributed by atoms with Crippen LogP contribution in [-0.2, 0) is 4.79 Å². The number of rotatable bonds is 4. The number of nitrogens with zero attached hydrogens (tertiary/aromatic N) is 2. The molecular weight excluding hydrogens is 393 g/mol. The average Bonchev–Trinajstić information content (AvgIpc) is 3.28. The molecule has 5 fully saturated rings. The predicted molar refractivity (Wildman–Crippen MR) is 107 cm³/mol. The van der Waals surface area contributed by atoms with Crippen LogP contribution < -0.4 is 10.9 Å². The Morgan fingerprint density at radius 3 is 2.57 bits per heavy atom. The number of alkyl halides is 3. The summed E-state index contributed by atoms with van der Waals surface area (Å²) in [7, 11) is 2.12. The number of carbonyl (C=O) groups excluding carboxylic acids is 1. The van der Waals surface area contributed by atoms with Gasteiger partial charge < -0.3 is 4.90 Å². The van der Waals surface area contributed by atoms with Crippen LogP contribution in [0.4, 0.5) is 13.2 Å². The van der Waals surface area contributed by atoms with Crippen molar-refractivity contribution >= 4 is 5.91 Å². The highest BCUT2D eigenvalue weighted by Crippen LogP contribution is 2.60. The smallest absolute Gasteiger partial charge is 0.339 e. The minimum atomic E-state index is -4.18. The molecule has 5 nitrogen and oxygen atoms in total. The van der Waals surface area contributed by atoms with E-state index in [4.69, 9.17) is 0 Å². The molecule has 2 heterocycles. The maximum atomic E-state index is 13.6. The summed E-state index contributed by atoms with van der Waals surface area (Å²) in [6, 6.07) is 0.139. The maximum Gasteiger partial charge on any atom is 0.392 e. The second-order valence-electron chi connectivity index (χ2n) is 10.7. The van der Waals surface area contributed by atoms with E-state index in [0.29, 0.717) is 36.9 Å². The first-order valence-electron chi connectivity index (χ1n) is 11.8. The highest BCUT2D eigenvalue weighted by molar-refractivity contribution is 5.82. The van der Waals surface area contributed by atoms with Gasteiger partial charge in [0.1, 0.15) is 0 Å². The Morgan fingerprint density at radius 2 is 1.90 bits per heavy atom. The molecule has 6 atom stereocenters. The van der Waals surface area contributed by atoms with Crippen molar-refractivity contribution in [2.45, 2.75) is 82.6 Å². The van der Waals surface area contributed by atoms with Crippen LogP contribution in [0.3, 0.4) is 0 Å². The Balaban J connectivity index is 1.27. The van der Waals surface area contributed by atoms with Crippen LogP contribution in [0.25, 0.3) is 0 Å². The Labute approximate surface area is 177 Å². The number of hydrogen-bond donors (Lipinski definition) is 2. The monoisotopic (exact) mass is 428 g/mol. The van der Waals surface area contributed by atoms with Crippen LogP contribution in [0, 0.1) is 29.1 Å². The number of hydrogen-bond acceptors (Lipinski definition) is 4. The summed E-state index contributed by atoms with van der Waals surface area (Å²) in [6.07, 6.45) is 5.34. The zero-order valence-corrected chi connectivity index (χ0v) is 17.9. The fourth-order valence-corrected chi connectivity index (χ4v) is 7.14. The molecule has 30 heavy (non-hydrogen) atoms. The summed E-state index contributed by atoms with van der Waals surface area (Å²) in [5, 5.41) is 0. The molecule has 8 heteroatoms. The summed E-state index contributed by atoms with van der Waals surface area (Å²) < 4.78 is 40.7. The van der Waals surface area contributed by atoms with Crippen molar-refractivity contribution in [1.29, 1.82) is 0 Å². The van der Waals surface area contributed by atoms with Crippen LogP contribution in [0.15, 0.2) is 0 Å². The Morgan fingerprint density at radius 1 is 1.13 bits per heavy atom. The van der Waals surface area contributed by atoms with Gasteiger partial charge in [-0.25, -0.2) is 10.9 Å². The van der Waals surface area contributed by atoms with Crippen molar-refractivity contribution < 1.29 is 18.0 Å². The number of nitrogens with one attached hydrogen (secondary N) is 2. The van der Waals surface area contributed by atoms with E-state index in [-0.39, 0.29) is 18.4 Å². The van der Waals surface area contributed by atoms with Gasteiger partial charge in [0.25, 0.3) is 0 Å². The Kier molecular flexibility index (Phi) is 5.34. The van der Waals surface area contributed by atoms with Gasteiger partial charge in [-0.3, -0.25) is 9.69 Å². The first-order valence-corrected chi connectivity index (χ1v) is 11.8. The number of hydrazine groups is 1. The molecule has 0 spiro atoms. The number of fused-ring (bicyclic) bond motifs is 1. The number of halogens is 3. The molecule has 3 saturated carbocycles. The Hall–Kier alpha value is -0.860. The van der Waals surface area contributed by atoms with E-state index in [9.17, 15) is 18.0 Å². The lowest BCUT2D eigenvalue weighted by molar-refractivity contribution is -0.198. The highest BCUT2D eigenvalue weighted by atomic mass is 19.4. The van der Waals surface area contributed by atoms with E-state index < -0.39 is 23.9 Å². The molecule has 170 valence electrons. The normalized spacial score (nSPS) is 41.9. The van der Waals surface area contributed by atoms with Crippen molar-refractivity contribution in [3.05, 3.63) is 0 Å². The summed E-state index contributed by atoms with van der Waals surface area (Å²) in [5.74, 6) is -1.62. The molecule has 2 saturated heterocycles. The van der Waals surface area contributed by atoms with Gasteiger partial charge in [-0.15, -0.1) is 0 Å². The molecule has 5 rings (SSSR count). The molecule has 0 aromatic carbocycles. The molecular formula is C22H35F3N4O. The van der Waals surface area contributed by atoms with Crippen molar-refractivity contribution in [2.24, 2.45) is 29.1 Å². The van der Waals surface area contributed by atoms with Crippen molar-refractivity contribution in [3.8, 4) is 0 Å². The summed E-state index contributed by atoms with van der Waals surface area (Å²) >= 11 is 0. The fraction of sp³-hybridized carbons (Fsp3) is 0.955. The van der Waals surface area contributed by atoms with E-state index >= 15 is 0 Å². The minimum absolute atomic E-state index is 0.0193. The molecule has 6 unspecified atom stereocenters. The SMILES string of the molecule is CN1CNNC1CC1(C2CCCC(N3CC4C(CCCC4C(F)(F)F)C3=O)C2)CC1. The molecule has 5 aliphatic rings. The van der Waals surface area contributed by atoms with Gasteiger partial charge in [-0.1, -0.05) is 12.8 Å². The largest absolute Gasteiger partial charge is 0.392 e. The molecule has 0 aromatic rings. The number of amides is 1. The van der Waals surface area contributed by atoms with E-state index in [2.05, 4.69) is 22.8 Å². The zero-order valence-electron chi connectivity index (χ0n) is 17.9. The minimum Gasteiger partial charge on any atom is -0.339 e. The van der Waals surface area contributed by atoms with Gasteiger partial charge in [0.15, 0.2) is 0 Å². The van der Waals surface area contributed by atoms with Gasteiger partial charge in [-0.05, 0) is 75.7 Å². The molecule has 0 bridgehead atoms. The van der Waals surface area contributed by atoms with Gasteiger partial charge in [-0.2, -0.15) is 13.2 Å². The first kappa shape index (κ1) is 21.0. The van der Waals surface area contributed by atoms with Crippen molar-refractivity contribution in [2.75, 3.05) is 20.3 Å². The van der Waals surface area contributed by atoms with Crippen molar-refractivity contribution in [1.82, 2.24) is 20.7 Å². The molecule has 3 aliphatic carbocycles. The summed E-state index contributed by atoms with van der Waals surface area (Å²) in [4.78, 5) is 17.3. The topological polar surface area (TPSA) is 47.6 Å². The highest BCUT2D eigenvalue weighted by Gasteiger charge is 2.57. The van der Waals surface area contributed by atoms with E-state index in [1.165, 1.54) is 19.3 Å². The quantitative estimate of drug-likeness (QED) is 0.720. The average molecular weight is 429 g/mol. The van der Waals surface area contributed by atoms with Gasteiger partial charge in [0.05, 0.1) is 18.8 Å². The van der Waals surface area contributed by atoms with Crippen LogP contribution in [0.1, 0.15) is 64.2 Å². The van der Waals surface area contributed by atoms with Gasteiger partial charge >= 0.3 is 6.18 Å². The van der Waals surface area contributed by atoms with Gasteiger partial charge in [0.2, 0.25) is 5.91 Å². The van der Waals surface area contributed by atoms with E-state index in [1.54, 1.807) is 0 Å². The molecule has 2 aliphatic heterocycles. The fourth-order valence-electron chi connectivity index (χ4n) is 7.14. The van der Waals surface area contributed by atoms with Crippen LogP contribution in [0.2, 0.25) is 0 Å². The van der Waals surface area contributed by atoms with Crippen LogP contribution >= 0.6 is 0 Å². The second-order valence-corrected chi connectivity index (χ2v) is 10.7. The third-order valence-electron chi connectivity index (χ3n) is 9.07. The summed E-state index contributed by atoms with van der Waals surface area (Å²) in [5.41, 5.74) is 6.93. The van der Waals surface area contributed by atoms with Crippen LogP contribution in [-0.4, -0.2) is 54.4 Å². The van der Waals surface area contributed by atoms with E-state index in [0.717, 1.165) is 32.4 Å². The number of carbonyl (C=O) groups is 1. The zero-order chi connectivity index (χ0) is 21.1. The standard InChI is InChI=1S/C22H35F3N4O/c1-28-13-26-27-19(28)11-21(8-9-21)14-4-2-5-15(10-14)29-12-17-16(20(29)30)6-3-7-18(17)22(23,24)25/h14-19,26-27H,2-13H2,1H3. The lowest BCUT2D eigenvalue weighted by Crippen LogP contribution is -2.44. The maximum absolute atomic E-state index is 13.6. The molecule has 2 N–H and O–H groups in total. The third kappa shape index (κ3) is 3.66. The lowest BCUT2D eigenvalue weighted by Gasteiger charge is -2.40. The number of likely N-dealkylation sites (tertiary alicyclic amines) is 1. The molecule has 1 amide bonds. The second kappa shape index (κ2) is 7.62. The Bertz CT molecular complexity index is 667. The third-order valence-corrected chi connectivity index (χ3v) is 9.07. The molecule has 0 aromatic heterocycles. The van der Waals surface area contributed by atoms with Crippen LogP contribution in [0.5, 0.6) is 0 Å². The first-order chi connectivity index (χ1) is 14.3. The lowest BCUT2D eigenvalue weighted by atomic mass is 9.73. The summed E-state index contributed by atoms with van der Waals surface area (Å²) in [6.45, 7) is 1.17. The molecule has 0 radical (unpaired) electrons. The predicted octanol–water partition coefficient (Wildman–Crippen LogP) is 3.48. The van der Waals surface area contributed by atoms with Crippen molar-refractivity contribution in [3.63, 3.8) is 0 Å². The van der Waals surface area contributed by atoms with E-state index in [1.807, 2.05) is 4.90 Å².